The average Bonchev–Trinajstić information content (AvgIpc) is 2.25. The molecular weight excluding hydrogens is 230 g/mol. The molecule has 1 aromatic rings. The lowest BCUT2D eigenvalue weighted by Crippen LogP contribution is -2.23. The second-order valence-electron chi connectivity index (χ2n) is 3.20. The summed E-state index contributed by atoms with van der Waals surface area (Å²) in [6.45, 7) is 1.58. The van der Waals surface area contributed by atoms with Crippen LogP contribution in [-0.2, 0) is 4.79 Å². The van der Waals surface area contributed by atoms with Gasteiger partial charge < -0.3 is 15.2 Å². The summed E-state index contributed by atoms with van der Waals surface area (Å²) in [5.41, 5.74) is 0. The first-order valence-electron chi connectivity index (χ1n) is 4.99. The highest BCUT2D eigenvalue weighted by atomic mass is 35.5. The van der Waals surface area contributed by atoms with E-state index in [2.05, 4.69) is 5.32 Å². The number of ether oxygens (including phenoxy) is 1. The molecule has 0 aliphatic rings. The summed E-state index contributed by atoms with van der Waals surface area (Å²) in [5, 5.41) is 12.0. The minimum Gasteiger partial charge on any atom is -0.492 e. The van der Waals surface area contributed by atoms with Crippen LogP contribution in [0.15, 0.2) is 24.3 Å². The Hall–Kier alpha value is -1.26. The van der Waals surface area contributed by atoms with Crippen LogP contribution in [0, 0.1) is 0 Å². The van der Waals surface area contributed by atoms with Crippen molar-refractivity contribution < 1.29 is 14.6 Å². The van der Waals surface area contributed by atoms with Crippen LogP contribution in [-0.4, -0.2) is 30.8 Å². The van der Waals surface area contributed by atoms with E-state index in [4.69, 9.17) is 21.4 Å². The zero-order valence-electron chi connectivity index (χ0n) is 8.78. The third kappa shape index (κ3) is 5.58. The predicted molar refractivity (Wildman–Crippen MR) is 62.1 cm³/mol. The number of benzene rings is 1. The van der Waals surface area contributed by atoms with Gasteiger partial charge in [0.05, 0.1) is 6.42 Å². The Balaban J connectivity index is 2.07. The Labute approximate surface area is 99.2 Å². The Kier molecular flexibility index (Phi) is 5.67. The Bertz CT molecular complexity index is 327. The van der Waals surface area contributed by atoms with Gasteiger partial charge in [-0.3, -0.25) is 4.79 Å². The van der Waals surface area contributed by atoms with Crippen molar-refractivity contribution in [1.29, 1.82) is 0 Å². The summed E-state index contributed by atoms with van der Waals surface area (Å²) < 4.78 is 5.40. The predicted octanol–water partition coefficient (Wildman–Crippen LogP) is 1.78. The molecule has 0 heterocycles. The van der Waals surface area contributed by atoms with Crippen molar-refractivity contribution in [1.82, 2.24) is 5.32 Å². The molecular formula is C11H14ClNO3. The van der Waals surface area contributed by atoms with Crippen molar-refractivity contribution in [2.75, 3.05) is 19.7 Å². The van der Waals surface area contributed by atoms with Gasteiger partial charge in [0.25, 0.3) is 0 Å². The number of hydrogen-bond donors (Lipinski definition) is 2. The Morgan fingerprint density at radius 1 is 1.31 bits per heavy atom. The molecule has 5 heteroatoms. The molecule has 0 amide bonds. The second kappa shape index (κ2) is 7.09. The number of carboxylic acids is 1. The maximum atomic E-state index is 10.2. The fourth-order valence-electron chi connectivity index (χ4n) is 1.09. The third-order valence-electron chi connectivity index (χ3n) is 1.88. The maximum absolute atomic E-state index is 10.2. The van der Waals surface area contributed by atoms with Gasteiger partial charge in [0.2, 0.25) is 0 Å². The van der Waals surface area contributed by atoms with Crippen molar-refractivity contribution in [3.63, 3.8) is 0 Å². The Morgan fingerprint density at radius 3 is 2.62 bits per heavy atom. The van der Waals surface area contributed by atoms with Crippen LogP contribution in [0.3, 0.4) is 0 Å². The molecule has 0 aliphatic heterocycles. The lowest BCUT2D eigenvalue weighted by molar-refractivity contribution is -0.136. The van der Waals surface area contributed by atoms with Crippen molar-refractivity contribution in [3.05, 3.63) is 29.3 Å². The molecule has 1 rings (SSSR count). The molecule has 0 aliphatic carbocycles. The summed E-state index contributed by atoms with van der Waals surface area (Å²) in [4.78, 5) is 10.2. The number of carboxylic acid groups (broad SMARTS) is 1. The zero-order valence-corrected chi connectivity index (χ0v) is 9.54. The van der Waals surface area contributed by atoms with Crippen LogP contribution < -0.4 is 10.1 Å². The molecule has 16 heavy (non-hydrogen) atoms. The van der Waals surface area contributed by atoms with E-state index in [1.165, 1.54) is 0 Å². The van der Waals surface area contributed by atoms with Gasteiger partial charge in [0.15, 0.2) is 0 Å². The lowest BCUT2D eigenvalue weighted by atomic mass is 10.3. The van der Waals surface area contributed by atoms with Gasteiger partial charge in [-0.05, 0) is 24.3 Å². The minimum atomic E-state index is -0.800. The number of carbonyl (C=O) groups is 1. The topological polar surface area (TPSA) is 58.6 Å². The fourth-order valence-corrected chi connectivity index (χ4v) is 1.22. The van der Waals surface area contributed by atoms with Crippen molar-refractivity contribution in [2.24, 2.45) is 0 Å². The fraction of sp³-hybridized carbons (Fsp3) is 0.364. The summed E-state index contributed by atoms with van der Waals surface area (Å²) in [5.74, 6) is -0.0458. The smallest absolute Gasteiger partial charge is 0.304 e. The molecule has 0 fully saturated rings. The SMILES string of the molecule is O=C(O)CCNCCOc1ccc(Cl)cc1. The van der Waals surface area contributed by atoms with E-state index in [0.29, 0.717) is 24.7 Å². The van der Waals surface area contributed by atoms with Crippen molar-refractivity contribution in [3.8, 4) is 5.75 Å². The summed E-state index contributed by atoms with van der Waals surface area (Å²) in [7, 11) is 0. The summed E-state index contributed by atoms with van der Waals surface area (Å²) in [6, 6.07) is 7.10. The molecule has 0 radical (unpaired) electrons. The lowest BCUT2D eigenvalue weighted by Gasteiger charge is -2.06. The molecule has 0 atom stereocenters. The largest absolute Gasteiger partial charge is 0.492 e. The zero-order chi connectivity index (χ0) is 11.8. The van der Waals surface area contributed by atoms with Crippen molar-refractivity contribution >= 4 is 17.6 Å². The number of nitrogens with one attached hydrogen (secondary N) is 1. The van der Waals surface area contributed by atoms with Gasteiger partial charge in [-0.2, -0.15) is 0 Å². The average molecular weight is 244 g/mol. The van der Waals surface area contributed by atoms with Crippen LogP contribution in [0.25, 0.3) is 0 Å². The molecule has 4 nitrogen and oxygen atoms in total. The summed E-state index contributed by atoms with van der Waals surface area (Å²) >= 11 is 5.72. The van der Waals surface area contributed by atoms with E-state index in [1.54, 1.807) is 24.3 Å². The van der Waals surface area contributed by atoms with E-state index >= 15 is 0 Å². The first-order chi connectivity index (χ1) is 7.68. The van der Waals surface area contributed by atoms with Crippen LogP contribution in [0.2, 0.25) is 5.02 Å². The molecule has 88 valence electrons. The first-order valence-corrected chi connectivity index (χ1v) is 5.37. The van der Waals surface area contributed by atoms with E-state index in [-0.39, 0.29) is 6.42 Å². The maximum Gasteiger partial charge on any atom is 0.304 e. The molecule has 1 aromatic carbocycles. The summed E-state index contributed by atoms with van der Waals surface area (Å²) in [6.07, 6.45) is 0.126. The molecule has 0 bridgehead atoms. The van der Waals surface area contributed by atoms with Crippen molar-refractivity contribution in [2.45, 2.75) is 6.42 Å². The third-order valence-corrected chi connectivity index (χ3v) is 2.13. The van der Waals surface area contributed by atoms with Gasteiger partial charge in [-0.15, -0.1) is 0 Å². The number of aliphatic carboxylic acids is 1. The first kappa shape index (κ1) is 12.8. The van der Waals surface area contributed by atoms with Crippen LogP contribution in [0.5, 0.6) is 5.75 Å². The highest BCUT2D eigenvalue weighted by molar-refractivity contribution is 6.30. The molecule has 0 aromatic heterocycles. The van der Waals surface area contributed by atoms with E-state index < -0.39 is 5.97 Å². The van der Waals surface area contributed by atoms with E-state index in [9.17, 15) is 4.79 Å². The molecule has 2 N–H and O–H groups in total. The van der Waals surface area contributed by atoms with Crippen LogP contribution in [0.4, 0.5) is 0 Å². The van der Waals surface area contributed by atoms with Crippen LogP contribution >= 0.6 is 11.6 Å². The molecule has 0 unspecified atom stereocenters. The normalized spacial score (nSPS) is 10.1. The van der Waals surface area contributed by atoms with Gasteiger partial charge >= 0.3 is 5.97 Å². The standard InChI is InChI=1S/C11H14ClNO3/c12-9-1-3-10(4-2-9)16-8-7-13-6-5-11(14)15/h1-4,13H,5-8H2,(H,14,15). The quantitative estimate of drug-likeness (QED) is 0.717. The highest BCUT2D eigenvalue weighted by Gasteiger charge is 1.96. The molecule has 0 saturated heterocycles. The van der Waals surface area contributed by atoms with Gasteiger partial charge in [-0.25, -0.2) is 0 Å². The van der Waals surface area contributed by atoms with Gasteiger partial charge in [-0.1, -0.05) is 11.6 Å². The minimum absolute atomic E-state index is 0.126. The number of hydrogen-bond acceptors (Lipinski definition) is 3. The van der Waals surface area contributed by atoms with E-state index in [0.717, 1.165) is 5.75 Å². The van der Waals surface area contributed by atoms with Gasteiger partial charge in [0.1, 0.15) is 12.4 Å². The Morgan fingerprint density at radius 2 is 2.00 bits per heavy atom. The van der Waals surface area contributed by atoms with Crippen LogP contribution in [0.1, 0.15) is 6.42 Å². The van der Waals surface area contributed by atoms with Gasteiger partial charge in [0, 0.05) is 18.1 Å². The number of halogens is 1. The highest BCUT2D eigenvalue weighted by Crippen LogP contribution is 2.14. The van der Waals surface area contributed by atoms with E-state index in [1.807, 2.05) is 0 Å². The monoisotopic (exact) mass is 243 g/mol. The second-order valence-corrected chi connectivity index (χ2v) is 3.63. The molecule has 0 saturated carbocycles. The number of rotatable bonds is 7. The molecule has 0 spiro atoms.